The molecule has 0 bridgehead atoms. The number of aryl methyl sites for hydroxylation is 2. The van der Waals surface area contributed by atoms with Crippen molar-refractivity contribution in [1.29, 1.82) is 0 Å². The van der Waals surface area contributed by atoms with Crippen LogP contribution in [0.15, 0.2) is 12.1 Å². The quantitative estimate of drug-likeness (QED) is 0.498. The molecular formula is C16H26N2O. The molecule has 0 saturated heterocycles. The molecule has 3 nitrogen and oxygen atoms in total. The highest BCUT2D eigenvalue weighted by Gasteiger charge is 2.16. The molecular weight excluding hydrogens is 236 g/mol. The molecule has 0 radical (unpaired) electrons. The molecule has 1 amide bonds. The van der Waals surface area contributed by atoms with E-state index in [1.165, 1.54) is 22.3 Å². The van der Waals surface area contributed by atoms with Gasteiger partial charge in [0.2, 0.25) is 5.91 Å². The fourth-order valence-electron chi connectivity index (χ4n) is 2.32. The summed E-state index contributed by atoms with van der Waals surface area (Å²) < 4.78 is 0. The van der Waals surface area contributed by atoms with Crippen LogP contribution in [0.25, 0.3) is 0 Å². The summed E-state index contributed by atoms with van der Waals surface area (Å²) in [4.78, 5) is 11.1. The minimum absolute atomic E-state index is 0.0957. The molecule has 0 fully saturated rings. The molecule has 0 aliphatic carbocycles. The summed E-state index contributed by atoms with van der Waals surface area (Å²) in [5.41, 5.74) is 7.71. The highest BCUT2D eigenvalue weighted by molar-refractivity contribution is 5.75. The van der Waals surface area contributed by atoms with E-state index in [1.54, 1.807) is 0 Å². The molecule has 1 aromatic rings. The zero-order chi connectivity index (χ0) is 14.6. The van der Waals surface area contributed by atoms with E-state index < -0.39 is 0 Å². The van der Waals surface area contributed by atoms with Gasteiger partial charge in [0, 0.05) is 6.42 Å². The largest absolute Gasteiger partial charge is 0.294 e. The van der Waals surface area contributed by atoms with Gasteiger partial charge in [-0.15, -0.1) is 0 Å². The van der Waals surface area contributed by atoms with Crippen molar-refractivity contribution in [2.45, 2.75) is 59.3 Å². The summed E-state index contributed by atoms with van der Waals surface area (Å²) in [6, 6.07) is 4.54. The predicted octanol–water partition coefficient (Wildman–Crippen LogP) is 2.91. The van der Waals surface area contributed by atoms with Crippen molar-refractivity contribution in [3.05, 3.63) is 34.4 Å². The van der Waals surface area contributed by atoms with Crippen molar-refractivity contribution < 1.29 is 4.79 Å². The Hall–Kier alpha value is -1.35. The second kappa shape index (κ2) is 6.20. The Labute approximate surface area is 116 Å². The smallest absolute Gasteiger partial charge is 0.233 e. The number of benzene rings is 1. The molecule has 1 aromatic carbocycles. The van der Waals surface area contributed by atoms with Crippen LogP contribution in [0.2, 0.25) is 0 Å². The third-order valence-corrected chi connectivity index (χ3v) is 3.55. The van der Waals surface area contributed by atoms with Crippen LogP contribution in [0.3, 0.4) is 0 Å². The molecule has 0 aliphatic rings. The lowest BCUT2D eigenvalue weighted by molar-refractivity contribution is -0.121. The van der Waals surface area contributed by atoms with Crippen molar-refractivity contribution >= 4 is 5.91 Å². The standard InChI is InChI=1S/C16H26N2O/c1-11-9-13(16(3,4)5)10-12(2)14(11)7-6-8-15(19)18-17/h9-10H,6-8,17H2,1-5H3,(H,18,19). The van der Waals surface area contributed by atoms with Gasteiger partial charge in [-0.3, -0.25) is 10.2 Å². The first-order valence-electron chi connectivity index (χ1n) is 6.85. The van der Waals surface area contributed by atoms with Gasteiger partial charge >= 0.3 is 0 Å². The number of carbonyl (C=O) groups is 1. The van der Waals surface area contributed by atoms with E-state index >= 15 is 0 Å². The number of rotatable bonds is 4. The van der Waals surface area contributed by atoms with Crippen LogP contribution in [-0.4, -0.2) is 5.91 Å². The molecule has 0 saturated carbocycles. The summed E-state index contributed by atoms with van der Waals surface area (Å²) in [7, 11) is 0. The topological polar surface area (TPSA) is 55.1 Å². The Morgan fingerprint density at radius 3 is 2.16 bits per heavy atom. The van der Waals surface area contributed by atoms with Gasteiger partial charge in [0.15, 0.2) is 0 Å². The summed E-state index contributed by atoms with van der Waals surface area (Å²) >= 11 is 0. The fraction of sp³-hybridized carbons (Fsp3) is 0.562. The lowest BCUT2D eigenvalue weighted by Crippen LogP contribution is -2.29. The minimum Gasteiger partial charge on any atom is -0.294 e. The molecule has 0 aliphatic heterocycles. The van der Waals surface area contributed by atoms with Gasteiger partial charge in [-0.2, -0.15) is 0 Å². The minimum atomic E-state index is -0.0957. The summed E-state index contributed by atoms with van der Waals surface area (Å²) in [6.07, 6.45) is 2.24. The third-order valence-electron chi connectivity index (χ3n) is 3.55. The molecule has 0 heterocycles. The Balaban J connectivity index is 2.83. The van der Waals surface area contributed by atoms with Crippen LogP contribution in [0, 0.1) is 13.8 Å². The van der Waals surface area contributed by atoms with E-state index in [0.29, 0.717) is 6.42 Å². The molecule has 0 spiro atoms. The number of amides is 1. The first-order valence-corrected chi connectivity index (χ1v) is 6.85. The second-order valence-electron chi connectivity index (χ2n) is 6.26. The maximum absolute atomic E-state index is 11.1. The van der Waals surface area contributed by atoms with Crippen molar-refractivity contribution in [2.75, 3.05) is 0 Å². The Bertz CT molecular complexity index is 435. The zero-order valence-corrected chi connectivity index (χ0v) is 12.8. The fourth-order valence-corrected chi connectivity index (χ4v) is 2.32. The van der Waals surface area contributed by atoms with Gasteiger partial charge in [-0.25, -0.2) is 5.84 Å². The van der Waals surface area contributed by atoms with E-state index in [9.17, 15) is 4.79 Å². The first-order chi connectivity index (χ1) is 8.75. The van der Waals surface area contributed by atoms with E-state index in [1.807, 2.05) is 0 Å². The van der Waals surface area contributed by atoms with E-state index in [0.717, 1.165) is 12.8 Å². The normalized spacial score (nSPS) is 11.5. The Morgan fingerprint density at radius 2 is 1.74 bits per heavy atom. The van der Waals surface area contributed by atoms with Crippen molar-refractivity contribution in [1.82, 2.24) is 5.43 Å². The number of carbonyl (C=O) groups excluding carboxylic acids is 1. The number of nitrogens with two attached hydrogens (primary N) is 1. The van der Waals surface area contributed by atoms with Crippen LogP contribution in [-0.2, 0) is 16.6 Å². The predicted molar refractivity (Wildman–Crippen MR) is 79.9 cm³/mol. The van der Waals surface area contributed by atoms with Gasteiger partial charge in [0.25, 0.3) is 0 Å². The first kappa shape index (κ1) is 15.7. The van der Waals surface area contributed by atoms with Crippen LogP contribution in [0.4, 0.5) is 0 Å². The maximum atomic E-state index is 11.1. The highest BCUT2D eigenvalue weighted by atomic mass is 16.2. The molecule has 0 atom stereocenters. The maximum Gasteiger partial charge on any atom is 0.233 e. The highest BCUT2D eigenvalue weighted by Crippen LogP contribution is 2.27. The number of hydrogen-bond donors (Lipinski definition) is 2. The lowest BCUT2D eigenvalue weighted by atomic mass is 9.83. The van der Waals surface area contributed by atoms with Gasteiger partial charge in [0.1, 0.15) is 0 Å². The van der Waals surface area contributed by atoms with Gasteiger partial charge in [-0.05, 0) is 54.4 Å². The third kappa shape index (κ3) is 4.35. The van der Waals surface area contributed by atoms with E-state index in [4.69, 9.17) is 5.84 Å². The van der Waals surface area contributed by atoms with Crippen LogP contribution in [0.1, 0.15) is 55.9 Å². The average molecular weight is 262 g/mol. The van der Waals surface area contributed by atoms with Gasteiger partial charge in [-0.1, -0.05) is 32.9 Å². The number of nitrogens with one attached hydrogen (secondary N) is 1. The SMILES string of the molecule is Cc1cc(C(C)(C)C)cc(C)c1CCCC(=O)NN. The van der Waals surface area contributed by atoms with E-state index in [2.05, 4.69) is 52.2 Å². The summed E-state index contributed by atoms with van der Waals surface area (Å²) in [6.45, 7) is 11.0. The summed E-state index contributed by atoms with van der Waals surface area (Å²) in [5.74, 6) is 4.98. The molecule has 0 aromatic heterocycles. The number of hydrazine groups is 1. The lowest BCUT2D eigenvalue weighted by Gasteiger charge is -2.22. The van der Waals surface area contributed by atoms with Crippen molar-refractivity contribution in [3.63, 3.8) is 0 Å². The van der Waals surface area contributed by atoms with Crippen molar-refractivity contribution in [2.24, 2.45) is 5.84 Å². The zero-order valence-electron chi connectivity index (χ0n) is 12.8. The molecule has 3 heteroatoms. The van der Waals surface area contributed by atoms with Crippen molar-refractivity contribution in [3.8, 4) is 0 Å². The average Bonchev–Trinajstić information content (AvgIpc) is 2.30. The molecule has 1 rings (SSSR count). The Morgan fingerprint density at radius 1 is 1.21 bits per heavy atom. The Kier molecular flexibility index (Phi) is 5.12. The second-order valence-corrected chi connectivity index (χ2v) is 6.26. The van der Waals surface area contributed by atoms with Crippen LogP contribution < -0.4 is 11.3 Å². The number of hydrogen-bond acceptors (Lipinski definition) is 2. The summed E-state index contributed by atoms with van der Waals surface area (Å²) in [5, 5.41) is 0. The van der Waals surface area contributed by atoms with Gasteiger partial charge < -0.3 is 0 Å². The van der Waals surface area contributed by atoms with Crippen LogP contribution >= 0.6 is 0 Å². The van der Waals surface area contributed by atoms with Crippen LogP contribution in [0.5, 0.6) is 0 Å². The van der Waals surface area contributed by atoms with E-state index in [-0.39, 0.29) is 11.3 Å². The monoisotopic (exact) mass is 262 g/mol. The molecule has 106 valence electrons. The van der Waals surface area contributed by atoms with Gasteiger partial charge in [0.05, 0.1) is 0 Å². The molecule has 19 heavy (non-hydrogen) atoms. The molecule has 0 unspecified atom stereocenters. The molecule has 3 N–H and O–H groups in total.